The smallest absolute Gasteiger partial charge is 0.424 e. The number of halogens is 5. The van der Waals surface area contributed by atoms with E-state index in [0.717, 1.165) is 12.1 Å². The van der Waals surface area contributed by atoms with Crippen molar-refractivity contribution in [2.24, 2.45) is 5.73 Å². The van der Waals surface area contributed by atoms with Gasteiger partial charge in [0.25, 0.3) is 5.91 Å². The van der Waals surface area contributed by atoms with Crippen LogP contribution in [-0.4, -0.2) is 54.1 Å². The third-order valence-corrected chi connectivity index (χ3v) is 6.25. The lowest BCUT2D eigenvalue weighted by Crippen LogP contribution is -2.51. The molecule has 1 heterocycles. The first kappa shape index (κ1) is 31.1. The number of carbonyl (C=O) groups excluding carboxylic acids is 1. The third kappa shape index (κ3) is 6.81. The van der Waals surface area contributed by atoms with Crippen molar-refractivity contribution in [3.63, 3.8) is 0 Å². The maximum absolute atomic E-state index is 14.4. The highest BCUT2D eigenvalue weighted by molar-refractivity contribution is 6.31. The molecule has 40 heavy (non-hydrogen) atoms. The molecule has 8 nitrogen and oxygen atoms in total. The SMILES string of the molecule is COc1cc(C(=O)NC[C@](O)(c2cc(C(C)(C)N)cc(-c3ccc(F)c(Cl)c3)n2)C(F)(F)F)ccc1OCCO. The number of hydrogen-bond donors (Lipinski definition) is 4. The van der Waals surface area contributed by atoms with Crippen molar-refractivity contribution in [2.75, 3.05) is 26.9 Å². The van der Waals surface area contributed by atoms with E-state index in [2.05, 4.69) is 10.3 Å². The van der Waals surface area contributed by atoms with Gasteiger partial charge >= 0.3 is 6.18 Å². The van der Waals surface area contributed by atoms with Crippen LogP contribution in [0.3, 0.4) is 0 Å². The van der Waals surface area contributed by atoms with Gasteiger partial charge in [-0.05, 0) is 67.9 Å². The van der Waals surface area contributed by atoms with E-state index in [4.69, 9.17) is 31.9 Å². The molecule has 5 N–H and O–H groups in total. The highest BCUT2D eigenvalue weighted by Crippen LogP contribution is 2.40. The summed E-state index contributed by atoms with van der Waals surface area (Å²) in [6, 6.07) is 9.78. The molecule has 0 spiro atoms. The van der Waals surface area contributed by atoms with Gasteiger partial charge in [0.1, 0.15) is 12.4 Å². The van der Waals surface area contributed by atoms with Crippen LogP contribution in [0.2, 0.25) is 5.02 Å². The molecule has 0 fully saturated rings. The second kappa shape index (κ2) is 12.0. The molecule has 0 saturated heterocycles. The number of aliphatic hydroxyl groups excluding tert-OH is 1. The summed E-state index contributed by atoms with van der Waals surface area (Å²) < 4.78 is 67.4. The number of aromatic nitrogens is 1. The number of hydrogen-bond acceptors (Lipinski definition) is 7. The van der Waals surface area contributed by atoms with E-state index < -0.39 is 41.3 Å². The molecule has 0 bridgehead atoms. The number of pyridine rings is 1. The van der Waals surface area contributed by atoms with Crippen molar-refractivity contribution < 1.29 is 42.0 Å². The molecule has 3 rings (SSSR count). The molecule has 0 radical (unpaired) electrons. The van der Waals surface area contributed by atoms with Gasteiger partial charge in [0.15, 0.2) is 11.5 Å². The zero-order valence-corrected chi connectivity index (χ0v) is 22.5. The second-order valence-electron chi connectivity index (χ2n) is 9.46. The minimum Gasteiger partial charge on any atom is -0.493 e. The number of aliphatic hydroxyl groups is 2. The lowest BCUT2D eigenvalue weighted by Gasteiger charge is -2.32. The van der Waals surface area contributed by atoms with Crippen LogP contribution >= 0.6 is 11.6 Å². The first-order valence-corrected chi connectivity index (χ1v) is 12.2. The standard InChI is InChI=1S/C27H28ClF4N3O5/c1-25(2,33)17-12-20(15-4-6-19(29)18(28)10-15)35-23(13-17)26(38,27(30,31)32)14-34-24(37)16-5-7-21(40-9-8-36)22(11-16)39-3/h4-7,10-13,36,38H,8-9,14,33H2,1-3H3,(H,34,37)/t26-/m0/s1. The van der Waals surface area contributed by atoms with Crippen LogP contribution in [0.4, 0.5) is 17.6 Å². The number of nitrogens with one attached hydrogen (secondary N) is 1. The Labute approximate surface area is 232 Å². The molecule has 216 valence electrons. The van der Waals surface area contributed by atoms with Crippen molar-refractivity contribution in [1.82, 2.24) is 10.3 Å². The predicted octanol–water partition coefficient (Wildman–Crippen LogP) is 4.29. The summed E-state index contributed by atoms with van der Waals surface area (Å²) in [5, 5.41) is 21.8. The first-order valence-electron chi connectivity index (χ1n) is 11.9. The molecule has 13 heteroatoms. The van der Waals surface area contributed by atoms with Gasteiger partial charge in [-0.25, -0.2) is 9.37 Å². The monoisotopic (exact) mass is 585 g/mol. The van der Waals surface area contributed by atoms with Crippen LogP contribution in [0, 0.1) is 5.82 Å². The summed E-state index contributed by atoms with van der Waals surface area (Å²) in [6.45, 7) is 1.48. The molecule has 1 atom stereocenters. The van der Waals surface area contributed by atoms with Crippen molar-refractivity contribution in [1.29, 1.82) is 0 Å². The van der Waals surface area contributed by atoms with Crippen LogP contribution in [0.1, 0.15) is 35.5 Å². The fourth-order valence-electron chi connectivity index (χ4n) is 3.65. The molecule has 0 saturated carbocycles. The van der Waals surface area contributed by atoms with Crippen LogP contribution < -0.4 is 20.5 Å². The largest absolute Gasteiger partial charge is 0.493 e. The lowest BCUT2D eigenvalue weighted by molar-refractivity contribution is -0.265. The van der Waals surface area contributed by atoms with Gasteiger partial charge in [0.2, 0.25) is 5.60 Å². The summed E-state index contributed by atoms with van der Waals surface area (Å²) >= 11 is 5.86. The predicted molar refractivity (Wildman–Crippen MR) is 140 cm³/mol. The first-order chi connectivity index (χ1) is 18.6. The quantitative estimate of drug-likeness (QED) is 0.261. The molecule has 2 aromatic carbocycles. The Morgan fingerprint density at radius 2 is 1.80 bits per heavy atom. The Hall–Kier alpha value is -3.45. The lowest BCUT2D eigenvalue weighted by atomic mass is 9.89. The van der Waals surface area contributed by atoms with Crippen LogP contribution in [0.25, 0.3) is 11.3 Å². The normalized spacial score (nSPS) is 13.5. The third-order valence-electron chi connectivity index (χ3n) is 5.96. The Balaban J connectivity index is 2.02. The zero-order chi connectivity index (χ0) is 29.9. The molecular weight excluding hydrogens is 558 g/mol. The van der Waals surface area contributed by atoms with E-state index in [1.165, 1.54) is 43.5 Å². The summed E-state index contributed by atoms with van der Waals surface area (Å²) in [5.41, 5.74) is 0.761. The number of methoxy groups -OCH3 is 1. The number of nitrogens with zero attached hydrogens (tertiary/aromatic N) is 1. The van der Waals surface area contributed by atoms with E-state index in [1.54, 1.807) is 13.8 Å². The molecule has 0 unspecified atom stereocenters. The highest BCUT2D eigenvalue weighted by atomic mass is 35.5. The maximum Gasteiger partial charge on any atom is 0.424 e. The molecule has 1 aromatic heterocycles. The molecular formula is C27H28ClF4N3O5. The minimum absolute atomic E-state index is 0.0434. The number of amides is 1. The Morgan fingerprint density at radius 3 is 2.38 bits per heavy atom. The second-order valence-corrected chi connectivity index (χ2v) is 9.86. The molecule has 1 amide bonds. The number of ether oxygens (including phenoxy) is 2. The van der Waals surface area contributed by atoms with Crippen molar-refractivity contribution in [3.8, 4) is 22.8 Å². The van der Waals surface area contributed by atoms with E-state index in [1.807, 2.05) is 0 Å². The van der Waals surface area contributed by atoms with Crippen LogP contribution in [0.5, 0.6) is 11.5 Å². The van der Waals surface area contributed by atoms with Gasteiger partial charge < -0.3 is 30.7 Å². The fraction of sp³-hybridized carbons (Fsp3) is 0.333. The van der Waals surface area contributed by atoms with Gasteiger partial charge in [0, 0.05) is 16.7 Å². The topological polar surface area (TPSA) is 127 Å². The van der Waals surface area contributed by atoms with Gasteiger partial charge in [-0.1, -0.05) is 11.6 Å². The summed E-state index contributed by atoms with van der Waals surface area (Å²) in [7, 11) is 1.30. The van der Waals surface area contributed by atoms with Gasteiger partial charge in [0.05, 0.1) is 36.7 Å². The number of nitrogens with two attached hydrogens (primary N) is 1. The molecule has 0 aliphatic carbocycles. The van der Waals surface area contributed by atoms with E-state index in [0.29, 0.717) is 0 Å². The van der Waals surface area contributed by atoms with E-state index in [-0.39, 0.29) is 52.1 Å². The van der Waals surface area contributed by atoms with E-state index >= 15 is 0 Å². The summed E-state index contributed by atoms with van der Waals surface area (Å²) in [4.78, 5) is 16.8. The molecule has 0 aliphatic heterocycles. The van der Waals surface area contributed by atoms with Crippen molar-refractivity contribution in [3.05, 3.63) is 76.2 Å². The number of carbonyl (C=O) groups is 1. The number of rotatable bonds is 10. The van der Waals surface area contributed by atoms with Gasteiger partial charge in [-0.2, -0.15) is 13.2 Å². The Bertz CT molecular complexity index is 1380. The number of alkyl halides is 3. The maximum atomic E-state index is 14.4. The Morgan fingerprint density at radius 1 is 1.10 bits per heavy atom. The average molecular weight is 586 g/mol. The van der Waals surface area contributed by atoms with Gasteiger partial charge in [-0.15, -0.1) is 0 Å². The fourth-order valence-corrected chi connectivity index (χ4v) is 3.83. The minimum atomic E-state index is -5.29. The van der Waals surface area contributed by atoms with Crippen molar-refractivity contribution in [2.45, 2.75) is 31.2 Å². The summed E-state index contributed by atoms with van der Waals surface area (Å²) in [6.07, 6.45) is -5.29. The van der Waals surface area contributed by atoms with Crippen LogP contribution in [0.15, 0.2) is 48.5 Å². The van der Waals surface area contributed by atoms with Crippen LogP contribution in [-0.2, 0) is 11.1 Å². The van der Waals surface area contributed by atoms with Gasteiger partial charge in [-0.3, -0.25) is 4.79 Å². The Kier molecular flexibility index (Phi) is 9.30. The average Bonchev–Trinajstić information content (AvgIpc) is 2.90. The molecule has 0 aliphatic rings. The number of benzene rings is 2. The summed E-state index contributed by atoms with van der Waals surface area (Å²) in [5.74, 6) is -1.37. The van der Waals surface area contributed by atoms with Crippen molar-refractivity contribution >= 4 is 17.5 Å². The zero-order valence-electron chi connectivity index (χ0n) is 21.8. The van der Waals surface area contributed by atoms with E-state index in [9.17, 15) is 27.5 Å². The highest BCUT2D eigenvalue weighted by Gasteiger charge is 2.56. The molecule has 3 aromatic rings.